The molecule has 0 atom stereocenters. The van der Waals surface area contributed by atoms with Gasteiger partial charge in [0.05, 0.1) is 14.2 Å². The number of carbonyl (C=O) groups excluding carboxylic acids is 1. The molecule has 0 bridgehead atoms. The third kappa shape index (κ3) is 5.05. The molecule has 10 heteroatoms. The van der Waals surface area contributed by atoms with Crippen molar-refractivity contribution in [2.45, 2.75) is 4.90 Å². The van der Waals surface area contributed by atoms with Crippen LogP contribution >= 0.6 is 15.9 Å². The number of ether oxygens (including phenoxy) is 3. The molecule has 0 N–H and O–H groups in total. The quantitative estimate of drug-likeness (QED) is 0.582. The van der Waals surface area contributed by atoms with Crippen LogP contribution in [0, 0.1) is 0 Å². The molecule has 1 amide bonds. The number of piperazine rings is 1. The molecule has 1 heterocycles. The zero-order valence-electron chi connectivity index (χ0n) is 16.7. The van der Waals surface area contributed by atoms with E-state index in [2.05, 4.69) is 15.9 Å². The summed E-state index contributed by atoms with van der Waals surface area (Å²) in [5.41, 5.74) is 0. The van der Waals surface area contributed by atoms with E-state index in [9.17, 15) is 13.2 Å². The smallest absolute Gasteiger partial charge is 0.260 e. The van der Waals surface area contributed by atoms with Gasteiger partial charge < -0.3 is 19.1 Å². The second-order valence-corrected chi connectivity index (χ2v) is 9.37. The Morgan fingerprint density at radius 2 is 1.60 bits per heavy atom. The van der Waals surface area contributed by atoms with Crippen LogP contribution in [0.5, 0.6) is 17.2 Å². The number of halogens is 1. The number of methoxy groups -OCH3 is 2. The van der Waals surface area contributed by atoms with Crippen LogP contribution in [0.2, 0.25) is 0 Å². The van der Waals surface area contributed by atoms with Crippen LogP contribution in [0.1, 0.15) is 0 Å². The normalized spacial score (nSPS) is 15.0. The minimum absolute atomic E-state index is 0.0442. The van der Waals surface area contributed by atoms with Gasteiger partial charge >= 0.3 is 0 Å². The van der Waals surface area contributed by atoms with E-state index in [0.29, 0.717) is 11.5 Å². The number of hydrogen-bond donors (Lipinski definition) is 0. The number of nitrogens with zero attached hydrogens (tertiary/aromatic N) is 2. The van der Waals surface area contributed by atoms with Crippen LogP contribution in [0.3, 0.4) is 0 Å². The number of amides is 1. The van der Waals surface area contributed by atoms with Crippen molar-refractivity contribution in [2.75, 3.05) is 47.0 Å². The van der Waals surface area contributed by atoms with E-state index < -0.39 is 10.0 Å². The van der Waals surface area contributed by atoms with Crippen molar-refractivity contribution >= 4 is 31.9 Å². The molecule has 0 saturated carbocycles. The first-order chi connectivity index (χ1) is 14.3. The Labute approximate surface area is 184 Å². The van der Waals surface area contributed by atoms with Gasteiger partial charge in [-0.1, -0.05) is 15.9 Å². The highest BCUT2D eigenvalue weighted by Gasteiger charge is 2.32. The van der Waals surface area contributed by atoms with Gasteiger partial charge in [-0.25, -0.2) is 8.42 Å². The van der Waals surface area contributed by atoms with Gasteiger partial charge in [0.2, 0.25) is 10.0 Å². The predicted octanol–water partition coefficient (Wildman–Crippen LogP) is 2.38. The number of benzene rings is 2. The zero-order valence-corrected chi connectivity index (χ0v) is 19.1. The van der Waals surface area contributed by atoms with Crippen LogP contribution < -0.4 is 14.2 Å². The third-order valence-corrected chi connectivity index (χ3v) is 7.20. The average Bonchev–Trinajstić information content (AvgIpc) is 2.78. The first kappa shape index (κ1) is 22.4. The van der Waals surface area contributed by atoms with Gasteiger partial charge in [-0.05, 0) is 36.4 Å². The zero-order chi connectivity index (χ0) is 21.7. The molecule has 30 heavy (non-hydrogen) atoms. The topological polar surface area (TPSA) is 85.4 Å². The number of rotatable bonds is 7. The van der Waals surface area contributed by atoms with Gasteiger partial charge in [-0.2, -0.15) is 4.31 Å². The Kier molecular flexibility index (Phi) is 7.22. The number of carbonyl (C=O) groups is 1. The van der Waals surface area contributed by atoms with Crippen LogP contribution in [0.4, 0.5) is 0 Å². The van der Waals surface area contributed by atoms with E-state index in [1.54, 1.807) is 29.2 Å². The molecule has 0 aliphatic carbocycles. The van der Waals surface area contributed by atoms with Gasteiger partial charge in [0.15, 0.2) is 6.61 Å². The minimum atomic E-state index is -3.79. The third-order valence-electron chi connectivity index (χ3n) is 4.76. The molecule has 0 aromatic heterocycles. The molecule has 8 nitrogen and oxygen atoms in total. The number of sulfonamides is 1. The minimum Gasteiger partial charge on any atom is -0.497 e. The lowest BCUT2D eigenvalue weighted by Gasteiger charge is -2.34. The van der Waals surface area contributed by atoms with Crippen molar-refractivity contribution in [2.24, 2.45) is 0 Å². The van der Waals surface area contributed by atoms with Crippen LogP contribution in [0.25, 0.3) is 0 Å². The summed E-state index contributed by atoms with van der Waals surface area (Å²) < 4.78 is 44.4. The molecule has 1 aliphatic rings. The van der Waals surface area contributed by atoms with Gasteiger partial charge in [0, 0.05) is 36.7 Å². The summed E-state index contributed by atoms with van der Waals surface area (Å²) in [5, 5.41) is 0. The highest BCUT2D eigenvalue weighted by atomic mass is 79.9. The fourth-order valence-electron chi connectivity index (χ4n) is 3.07. The summed E-state index contributed by atoms with van der Waals surface area (Å²) in [4.78, 5) is 14.1. The SMILES string of the molecule is COc1ccc(OC)c(S(=O)(=O)N2CCN(C(=O)COc3ccc(Br)cc3)CC2)c1. The van der Waals surface area contributed by atoms with Crippen molar-refractivity contribution in [3.8, 4) is 17.2 Å². The summed E-state index contributed by atoms with van der Waals surface area (Å²) >= 11 is 3.34. The molecule has 1 fully saturated rings. The van der Waals surface area contributed by atoms with Crippen molar-refractivity contribution in [3.63, 3.8) is 0 Å². The van der Waals surface area contributed by atoms with E-state index in [-0.39, 0.29) is 49.3 Å². The summed E-state index contributed by atoms with van der Waals surface area (Å²) in [7, 11) is -0.901. The molecule has 3 rings (SSSR count). The largest absolute Gasteiger partial charge is 0.497 e. The van der Waals surface area contributed by atoms with E-state index in [1.165, 1.54) is 24.6 Å². The molecule has 162 valence electrons. The summed E-state index contributed by atoms with van der Waals surface area (Å²) in [6.07, 6.45) is 0. The van der Waals surface area contributed by atoms with Crippen LogP contribution in [0.15, 0.2) is 51.8 Å². The van der Waals surface area contributed by atoms with E-state index in [0.717, 1.165) is 4.47 Å². The first-order valence-electron chi connectivity index (χ1n) is 9.23. The van der Waals surface area contributed by atoms with E-state index >= 15 is 0 Å². The molecule has 1 saturated heterocycles. The Morgan fingerprint density at radius 1 is 0.967 bits per heavy atom. The van der Waals surface area contributed by atoms with E-state index in [4.69, 9.17) is 14.2 Å². The maximum Gasteiger partial charge on any atom is 0.260 e. The van der Waals surface area contributed by atoms with Crippen molar-refractivity contribution in [3.05, 3.63) is 46.9 Å². The lowest BCUT2D eigenvalue weighted by atomic mass is 10.3. The standard InChI is InChI=1S/C20H23BrN2O6S/c1-27-17-7-8-18(28-2)19(13-17)30(25,26)23-11-9-22(10-12-23)20(24)14-29-16-5-3-15(21)4-6-16/h3-8,13H,9-12,14H2,1-2H3. The lowest BCUT2D eigenvalue weighted by Crippen LogP contribution is -2.51. The molecule has 0 unspecified atom stereocenters. The molecule has 1 aliphatic heterocycles. The van der Waals surface area contributed by atoms with Crippen molar-refractivity contribution in [1.29, 1.82) is 0 Å². The van der Waals surface area contributed by atoms with Crippen molar-refractivity contribution in [1.82, 2.24) is 9.21 Å². The molecular formula is C20H23BrN2O6S. The summed E-state index contributed by atoms with van der Waals surface area (Å²) in [6, 6.07) is 11.8. The monoisotopic (exact) mass is 498 g/mol. The number of hydrogen-bond acceptors (Lipinski definition) is 6. The van der Waals surface area contributed by atoms with E-state index in [1.807, 2.05) is 12.1 Å². The van der Waals surface area contributed by atoms with Crippen molar-refractivity contribution < 1.29 is 27.4 Å². The van der Waals surface area contributed by atoms with Gasteiger partial charge in [0.1, 0.15) is 22.1 Å². The molecule has 0 spiro atoms. The summed E-state index contributed by atoms with van der Waals surface area (Å²) in [5.74, 6) is 1.08. The molecule has 0 radical (unpaired) electrons. The van der Waals surface area contributed by atoms with Gasteiger partial charge in [-0.3, -0.25) is 4.79 Å². The van der Waals surface area contributed by atoms with Crippen LogP contribution in [-0.4, -0.2) is 70.5 Å². The Hall–Kier alpha value is -2.30. The Bertz CT molecular complexity index is 989. The Balaban J connectivity index is 1.61. The van der Waals surface area contributed by atoms with Gasteiger partial charge in [0.25, 0.3) is 5.91 Å². The second kappa shape index (κ2) is 9.67. The fourth-order valence-corrected chi connectivity index (χ4v) is 4.93. The van der Waals surface area contributed by atoms with Crippen LogP contribution in [-0.2, 0) is 14.8 Å². The molecular weight excluding hydrogens is 476 g/mol. The molecule has 2 aromatic carbocycles. The Morgan fingerprint density at radius 3 is 2.20 bits per heavy atom. The average molecular weight is 499 g/mol. The molecule has 2 aromatic rings. The predicted molar refractivity (Wildman–Crippen MR) is 115 cm³/mol. The maximum absolute atomic E-state index is 13.1. The highest BCUT2D eigenvalue weighted by Crippen LogP contribution is 2.31. The first-order valence-corrected chi connectivity index (χ1v) is 11.5. The maximum atomic E-state index is 13.1. The second-order valence-electron chi connectivity index (χ2n) is 6.54. The highest BCUT2D eigenvalue weighted by molar-refractivity contribution is 9.10. The fraction of sp³-hybridized carbons (Fsp3) is 0.350. The van der Waals surface area contributed by atoms with Gasteiger partial charge in [-0.15, -0.1) is 0 Å². The lowest BCUT2D eigenvalue weighted by molar-refractivity contribution is -0.134. The summed E-state index contributed by atoms with van der Waals surface area (Å²) in [6.45, 7) is 0.847.